The first-order valence-corrected chi connectivity index (χ1v) is 19.2. The molecule has 4 rings (SSSR count). The predicted octanol–water partition coefficient (Wildman–Crippen LogP) is 7.08. The van der Waals surface area contributed by atoms with Gasteiger partial charge in [-0.05, 0) is 41.5 Å². The van der Waals surface area contributed by atoms with E-state index >= 15 is 0 Å². The maximum atomic E-state index is 14.3. The summed E-state index contributed by atoms with van der Waals surface area (Å²) in [5.74, 6) is 0. The first kappa shape index (κ1) is 49.4. The van der Waals surface area contributed by atoms with Crippen molar-refractivity contribution in [3.63, 3.8) is 0 Å². The van der Waals surface area contributed by atoms with Crippen LogP contribution < -0.4 is 17.1 Å². The minimum Gasteiger partial charge on any atom is -0.319 e. The van der Waals surface area contributed by atoms with E-state index in [9.17, 15) is 14.4 Å². The number of benzene rings is 3. The molecule has 0 amide bonds. The lowest BCUT2D eigenvalue weighted by Gasteiger charge is -2.38. The topological polar surface area (TPSA) is 66.0 Å². The molecule has 0 aliphatic heterocycles. The zero-order valence-corrected chi connectivity index (χ0v) is 38.5. The summed E-state index contributed by atoms with van der Waals surface area (Å²) in [6.07, 6.45) is 0. The van der Waals surface area contributed by atoms with Crippen LogP contribution in [0.15, 0.2) is 105 Å². The highest BCUT2D eigenvalue weighted by Crippen LogP contribution is 2.17. The summed E-state index contributed by atoms with van der Waals surface area (Å²) in [7, 11) is 0. The smallest absolute Gasteiger partial charge is 0.319 e. The lowest BCUT2D eigenvalue weighted by Crippen LogP contribution is -2.59. The standard InChI is InChI=1S/C42H63N6O3.3BrH/c1-7-46(8-2,34-37-22-16-13-17-23-37)31-28-43-40(49)44(29-32-47(9-3,10-4)35-38-24-18-14-19-25-38)42(51)45(41(43)50)30-33-48(11-5,12-6)36-39-26-20-15-21-27-39;;;/h13-27H,7-12,28-36H2,1-6H3;3*1H/q+3;;;. The Morgan fingerprint density at radius 2 is 0.574 bits per heavy atom. The van der Waals surface area contributed by atoms with Crippen LogP contribution in [0.1, 0.15) is 58.2 Å². The summed E-state index contributed by atoms with van der Waals surface area (Å²) in [4.78, 5) is 42.9. The van der Waals surface area contributed by atoms with Gasteiger partial charge in [0.15, 0.2) is 0 Å². The van der Waals surface area contributed by atoms with Crippen molar-refractivity contribution in [2.75, 3.05) is 58.9 Å². The van der Waals surface area contributed by atoms with Crippen LogP contribution >= 0.6 is 50.9 Å². The molecule has 0 unspecified atom stereocenters. The van der Waals surface area contributed by atoms with Crippen LogP contribution in [0, 0.1) is 0 Å². The number of aromatic nitrogens is 3. The van der Waals surface area contributed by atoms with Crippen LogP contribution in [-0.4, -0.2) is 86.1 Å². The number of hydrogen-bond donors (Lipinski definition) is 0. The van der Waals surface area contributed by atoms with Gasteiger partial charge in [0, 0.05) is 16.7 Å². The molecule has 3 aromatic carbocycles. The van der Waals surface area contributed by atoms with E-state index in [2.05, 4.69) is 114 Å². The lowest BCUT2D eigenvalue weighted by molar-refractivity contribution is -0.938. The van der Waals surface area contributed by atoms with Gasteiger partial charge in [-0.15, -0.1) is 50.9 Å². The molecule has 0 N–H and O–H groups in total. The molecule has 0 fully saturated rings. The number of halogens is 3. The highest BCUT2D eigenvalue weighted by atomic mass is 79.9. The van der Waals surface area contributed by atoms with E-state index in [-0.39, 0.29) is 70.6 Å². The third kappa shape index (κ3) is 12.4. The fourth-order valence-corrected chi connectivity index (χ4v) is 7.63. The van der Waals surface area contributed by atoms with E-state index in [1.165, 1.54) is 30.4 Å². The van der Waals surface area contributed by atoms with Crippen LogP contribution in [0.4, 0.5) is 0 Å². The molecule has 54 heavy (non-hydrogen) atoms. The predicted molar refractivity (Wildman–Crippen MR) is 239 cm³/mol. The maximum Gasteiger partial charge on any atom is 0.336 e. The summed E-state index contributed by atoms with van der Waals surface area (Å²) < 4.78 is 6.29. The zero-order chi connectivity index (χ0) is 36.9. The molecule has 0 bridgehead atoms. The summed E-state index contributed by atoms with van der Waals surface area (Å²) in [5, 5.41) is 0. The summed E-state index contributed by atoms with van der Waals surface area (Å²) in [5.41, 5.74) is 2.21. The Hall–Kier alpha value is -2.61. The van der Waals surface area contributed by atoms with Crippen molar-refractivity contribution in [3.8, 4) is 0 Å². The lowest BCUT2D eigenvalue weighted by atomic mass is 10.1. The Morgan fingerprint density at radius 3 is 0.759 bits per heavy atom. The number of hydrogen-bond acceptors (Lipinski definition) is 3. The summed E-state index contributed by atoms with van der Waals surface area (Å²) in [6, 6.07) is 31.2. The highest BCUT2D eigenvalue weighted by Gasteiger charge is 2.30. The van der Waals surface area contributed by atoms with E-state index in [0.29, 0.717) is 19.6 Å². The van der Waals surface area contributed by atoms with Gasteiger partial charge >= 0.3 is 17.1 Å². The molecule has 0 saturated heterocycles. The molecule has 0 radical (unpaired) electrons. The zero-order valence-electron chi connectivity index (χ0n) is 33.4. The molecule has 12 heteroatoms. The molecule has 0 aliphatic rings. The van der Waals surface area contributed by atoms with Crippen molar-refractivity contribution in [1.29, 1.82) is 0 Å². The summed E-state index contributed by atoms with van der Waals surface area (Å²) >= 11 is 0. The Bertz CT molecular complexity index is 1580. The SMILES string of the molecule is Br.Br.Br.CC[N+](CC)(CCn1c(=O)n(CC[N+](CC)(CC)Cc2ccccc2)c(=O)n(CC[N+](CC)(CC)Cc2ccccc2)c1=O)Cc1ccccc1. The number of likely N-dealkylation sites (N-methyl/N-ethyl adjacent to an activating group) is 3. The Labute approximate surface area is 354 Å². The molecule has 0 atom stereocenters. The van der Waals surface area contributed by atoms with Gasteiger partial charge in [0.2, 0.25) is 0 Å². The van der Waals surface area contributed by atoms with Crippen LogP contribution in [0.5, 0.6) is 0 Å². The van der Waals surface area contributed by atoms with Gasteiger partial charge in [0.25, 0.3) is 0 Å². The average Bonchev–Trinajstić information content (AvgIpc) is 3.17. The molecule has 9 nitrogen and oxygen atoms in total. The third-order valence-corrected chi connectivity index (χ3v) is 11.9. The molecule has 4 aromatic rings. The van der Waals surface area contributed by atoms with Crippen molar-refractivity contribution in [1.82, 2.24) is 13.7 Å². The Kier molecular flexibility index (Phi) is 21.5. The van der Waals surface area contributed by atoms with Crippen molar-refractivity contribution < 1.29 is 13.4 Å². The number of quaternary nitrogens is 3. The van der Waals surface area contributed by atoms with Crippen LogP contribution in [-0.2, 0) is 39.3 Å². The molecular formula is C42H66Br3N6O3+3. The van der Waals surface area contributed by atoms with Crippen molar-refractivity contribution in [2.45, 2.75) is 80.8 Å². The average molecular weight is 943 g/mol. The van der Waals surface area contributed by atoms with Gasteiger partial charge in [0.05, 0.1) is 78.5 Å². The van der Waals surface area contributed by atoms with E-state index < -0.39 is 17.1 Å². The molecule has 1 heterocycles. The van der Waals surface area contributed by atoms with E-state index in [4.69, 9.17) is 0 Å². The van der Waals surface area contributed by atoms with Crippen molar-refractivity contribution in [2.24, 2.45) is 0 Å². The number of rotatable bonds is 21. The minimum absolute atomic E-state index is 0. The van der Waals surface area contributed by atoms with E-state index in [1.54, 1.807) is 0 Å². The van der Waals surface area contributed by atoms with Gasteiger partial charge in [-0.1, -0.05) is 91.0 Å². The quantitative estimate of drug-likeness (QED) is 0.0841. The third-order valence-electron chi connectivity index (χ3n) is 11.9. The first-order valence-electron chi connectivity index (χ1n) is 19.2. The minimum atomic E-state index is -0.493. The molecule has 1 aromatic heterocycles. The fraction of sp³-hybridized carbons (Fsp3) is 0.500. The van der Waals surface area contributed by atoms with Gasteiger partial charge in [-0.3, -0.25) is 0 Å². The van der Waals surface area contributed by atoms with Crippen molar-refractivity contribution >= 4 is 50.9 Å². The fourth-order valence-electron chi connectivity index (χ4n) is 7.63. The molecular weight excluding hydrogens is 876 g/mol. The van der Waals surface area contributed by atoms with Gasteiger partial charge in [0.1, 0.15) is 19.6 Å². The normalized spacial score (nSPS) is 11.7. The van der Waals surface area contributed by atoms with E-state index in [1.807, 2.05) is 18.2 Å². The molecule has 300 valence electrons. The monoisotopic (exact) mass is 939 g/mol. The molecule has 0 aliphatic carbocycles. The largest absolute Gasteiger partial charge is 0.336 e. The van der Waals surface area contributed by atoms with E-state index in [0.717, 1.165) is 72.4 Å². The van der Waals surface area contributed by atoms with Gasteiger partial charge in [-0.2, -0.15) is 0 Å². The highest BCUT2D eigenvalue weighted by molar-refractivity contribution is 8.93. The molecule has 0 spiro atoms. The van der Waals surface area contributed by atoms with Gasteiger partial charge < -0.3 is 13.4 Å². The second kappa shape index (κ2) is 23.5. The number of nitrogens with zero attached hydrogens (tertiary/aromatic N) is 6. The van der Waals surface area contributed by atoms with Crippen LogP contribution in [0.3, 0.4) is 0 Å². The Morgan fingerprint density at radius 1 is 0.370 bits per heavy atom. The van der Waals surface area contributed by atoms with Crippen LogP contribution in [0.25, 0.3) is 0 Å². The summed E-state index contributed by atoms with van der Waals surface area (Å²) in [6.45, 7) is 23.3. The van der Waals surface area contributed by atoms with Gasteiger partial charge in [-0.25, -0.2) is 28.1 Å². The maximum absolute atomic E-state index is 14.3. The second-order valence-corrected chi connectivity index (χ2v) is 14.3. The first-order chi connectivity index (χ1) is 24.6. The van der Waals surface area contributed by atoms with Crippen LogP contribution in [0.2, 0.25) is 0 Å². The molecule has 0 saturated carbocycles. The second-order valence-electron chi connectivity index (χ2n) is 14.3. The Balaban J connectivity index is 0.00000486. The van der Waals surface area contributed by atoms with Crippen molar-refractivity contribution in [3.05, 3.63) is 139 Å².